The van der Waals surface area contributed by atoms with Crippen LogP contribution in [0.25, 0.3) is 0 Å². The highest BCUT2D eigenvalue weighted by molar-refractivity contribution is 9.11. The molecule has 0 atom stereocenters. The number of nitrogens with one attached hydrogen (secondary N) is 1. The maximum Gasteiger partial charge on any atom is 0.412 e. The summed E-state index contributed by atoms with van der Waals surface area (Å²) in [7, 11) is 0. The molecule has 3 aromatic rings. The molecule has 0 bridgehead atoms. The van der Waals surface area contributed by atoms with Gasteiger partial charge >= 0.3 is 12.1 Å². The minimum absolute atomic E-state index is 0.183. The Morgan fingerprint density at radius 3 is 1.79 bits per heavy atom. The second-order valence-corrected chi connectivity index (χ2v) is 9.48. The molecule has 3 heterocycles. The van der Waals surface area contributed by atoms with E-state index in [0.29, 0.717) is 14.9 Å². The lowest BCUT2D eigenvalue weighted by atomic mass is 10.2. The average Bonchev–Trinajstić information content (AvgIpc) is 2.72. The molecular weight excluding hydrogens is 624 g/mol. The number of anilines is 1. The van der Waals surface area contributed by atoms with E-state index in [-0.39, 0.29) is 5.56 Å². The van der Waals surface area contributed by atoms with E-state index in [9.17, 15) is 9.59 Å². The fourth-order valence-corrected chi connectivity index (χ4v) is 2.92. The number of hydrogen-bond acceptors (Lipinski definition) is 6. The summed E-state index contributed by atoms with van der Waals surface area (Å²) in [6, 6.07) is 10.5. The van der Waals surface area contributed by atoms with Crippen molar-refractivity contribution >= 4 is 65.5 Å². The van der Waals surface area contributed by atoms with Crippen molar-refractivity contribution in [2.24, 2.45) is 0 Å². The van der Waals surface area contributed by atoms with Gasteiger partial charge in [0.2, 0.25) is 0 Å². The molecule has 0 saturated heterocycles. The fraction of sp³-hybridized carbons (Fsp3) is 0.227. The van der Waals surface area contributed by atoms with Crippen LogP contribution < -0.4 is 5.32 Å². The molecule has 0 spiro atoms. The first-order valence-electron chi connectivity index (χ1n) is 9.42. The number of rotatable bonds is 2. The number of aryl methyl sites for hydroxylation is 1. The Hall–Kier alpha value is -2.37. The van der Waals surface area contributed by atoms with Crippen LogP contribution in [0.15, 0.2) is 68.8 Å². The molecule has 33 heavy (non-hydrogen) atoms. The third-order valence-electron chi connectivity index (χ3n) is 3.33. The highest BCUT2D eigenvalue weighted by Crippen LogP contribution is 2.19. The van der Waals surface area contributed by atoms with Crippen LogP contribution in [0.5, 0.6) is 0 Å². The standard InChI is InChI=1S/C10H13BrN2O2.C6H4BrNO2.C6H6BrN/c1-10(2,3)15-9(14)13-7-5-4-6-12-8(7)11;7-5-4(6(9)10)2-1-3-8-5;1-5-3-2-4-8-6(5)7/h4-6H,1-3H3,(H,13,14);1-3H,(H,9,10);2-4H,1H3. The van der Waals surface area contributed by atoms with Gasteiger partial charge in [0.15, 0.2) is 0 Å². The first-order valence-corrected chi connectivity index (χ1v) is 11.8. The van der Waals surface area contributed by atoms with Crippen molar-refractivity contribution in [3.8, 4) is 0 Å². The highest BCUT2D eigenvalue weighted by Gasteiger charge is 2.16. The molecule has 0 aliphatic rings. The largest absolute Gasteiger partial charge is 0.478 e. The summed E-state index contributed by atoms with van der Waals surface area (Å²) in [5.74, 6) is -0.972. The molecule has 0 saturated carbocycles. The van der Waals surface area contributed by atoms with Gasteiger partial charge in [-0.25, -0.2) is 24.5 Å². The van der Waals surface area contributed by atoms with E-state index in [1.54, 1.807) is 30.6 Å². The average molecular weight is 647 g/mol. The molecule has 176 valence electrons. The Morgan fingerprint density at radius 2 is 1.39 bits per heavy atom. The van der Waals surface area contributed by atoms with Crippen molar-refractivity contribution in [1.82, 2.24) is 15.0 Å². The topological polar surface area (TPSA) is 114 Å². The van der Waals surface area contributed by atoms with Crippen LogP contribution in [0.3, 0.4) is 0 Å². The summed E-state index contributed by atoms with van der Waals surface area (Å²) in [6.45, 7) is 7.44. The van der Waals surface area contributed by atoms with Gasteiger partial charge in [0.05, 0.1) is 11.3 Å². The summed E-state index contributed by atoms with van der Waals surface area (Å²) < 4.78 is 6.97. The van der Waals surface area contributed by atoms with Gasteiger partial charge in [-0.15, -0.1) is 0 Å². The Labute approximate surface area is 217 Å². The number of nitrogens with zero attached hydrogens (tertiary/aromatic N) is 3. The minimum atomic E-state index is -0.972. The SMILES string of the molecule is CC(C)(C)OC(=O)Nc1cccnc1Br.Cc1cccnc1Br.O=C(O)c1cccnc1Br. The van der Waals surface area contributed by atoms with Crippen molar-refractivity contribution in [2.45, 2.75) is 33.3 Å². The van der Waals surface area contributed by atoms with Gasteiger partial charge in [-0.3, -0.25) is 5.32 Å². The first kappa shape index (κ1) is 28.7. The predicted octanol–water partition coefficient (Wildman–Crippen LogP) is 6.89. The van der Waals surface area contributed by atoms with E-state index in [1.165, 1.54) is 17.8 Å². The summed E-state index contributed by atoms with van der Waals surface area (Å²) in [5.41, 5.74) is 1.44. The van der Waals surface area contributed by atoms with Crippen LogP contribution in [0, 0.1) is 6.92 Å². The number of pyridine rings is 3. The van der Waals surface area contributed by atoms with E-state index >= 15 is 0 Å². The number of halogens is 3. The quantitative estimate of drug-likeness (QED) is 0.292. The van der Waals surface area contributed by atoms with Crippen molar-refractivity contribution in [2.75, 3.05) is 5.32 Å². The number of ether oxygens (including phenoxy) is 1. The number of carbonyl (C=O) groups excluding carboxylic acids is 1. The second-order valence-electron chi connectivity index (χ2n) is 7.23. The van der Waals surface area contributed by atoms with Crippen molar-refractivity contribution < 1.29 is 19.4 Å². The zero-order valence-corrected chi connectivity index (χ0v) is 23.1. The highest BCUT2D eigenvalue weighted by atomic mass is 79.9. The van der Waals surface area contributed by atoms with Crippen molar-refractivity contribution in [3.05, 3.63) is 79.9 Å². The summed E-state index contributed by atoms with van der Waals surface area (Å²) >= 11 is 9.51. The monoisotopic (exact) mass is 644 g/mol. The third kappa shape index (κ3) is 11.9. The van der Waals surface area contributed by atoms with Crippen LogP contribution in [0.2, 0.25) is 0 Å². The van der Waals surface area contributed by atoms with Gasteiger partial charge in [-0.2, -0.15) is 0 Å². The molecular formula is C22H23Br3N4O4. The van der Waals surface area contributed by atoms with Crippen LogP contribution in [-0.2, 0) is 4.74 Å². The molecule has 8 nitrogen and oxygen atoms in total. The first-order chi connectivity index (χ1) is 15.4. The van der Waals surface area contributed by atoms with Gasteiger partial charge in [0, 0.05) is 18.6 Å². The molecule has 0 fully saturated rings. The number of carboxylic acid groups (broad SMARTS) is 1. The maximum absolute atomic E-state index is 11.4. The van der Waals surface area contributed by atoms with E-state index in [4.69, 9.17) is 9.84 Å². The van der Waals surface area contributed by atoms with Gasteiger partial charge in [0.25, 0.3) is 0 Å². The Balaban J connectivity index is 0.000000262. The van der Waals surface area contributed by atoms with Crippen LogP contribution in [0.1, 0.15) is 36.7 Å². The number of aromatic nitrogens is 3. The second kappa shape index (κ2) is 14.0. The van der Waals surface area contributed by atoms with E-state index in [0.717, 1.165) is 4.60 Å². The summed E-state index contributed by atoms with van der Waals surface area (Å²) in [4.78, 5) is 33.5. The van der Waals surface area contributed by atoms with Gasteiger partial charge in [0.1, 0.15) is 19.4 Å². The Kier molecular flexibility index (Phi) is 12.2. The number of carboxylic acids is 1. The lowest BCUT2D eigenvalue weighted by Gasteiger charge is -2.19. The number of hydrogen-bond donors (Lipinski definition) is 2. The molecule has 1 amide bonds. The minimum Gasteiger partial charge on any atom is -0.478 e. The number of amides is 1. The molecule has 3 rings (SSSR count). The normalized spacial score (nSPS) is 10.0. The van der Waals surface area contributed by atoms with E-state index in [2.05, 4.69) is 68.1 Å². The number of carbonyl (C=O) groups is 2. The molecule has 0 aliphatic carbocycles. The zero-order valence-electron chi connectivity index (χ0n) is 18.3. The van der Waals surface area contributed by atoms with Crippen molar-refractivity contribution in [3.63, 3.8) is 0 Å². The van der Waals surface area contributed by atoms with Crippen LogP contribution in [-0.4, -0.2) is 37.7 Å². The van der Waals surface area contributed by atoms with Crippen LogP contribution in [0.4, 0.5) is 10.5 Å². The maximum atomic E-state index is 11.4. The smallest absolute Gasteiger partial charge is 0.412 e. The zero-order chi connectivity index (χ0) is 25.0. The van der Waals surface area contributed by atoms with Gasteiger partial charge in [-0.1, -0.05) is 6.07 Å². The van der Waals surface area contributed by atoms with Gasteiger partial charge < -0.3 is 9.84 Å². The van der Waals surface area contributed by atoms with Crippen molar-refractivity contribution in [1.29, 1.82) is 0 Å². The predicted molar refractivity (Wildman–Crippen MR) is 137 cm³/mol. The molecule has 0 radical (unpaired) electrons. The molecule has 0 unspecified atom stereocenters. The number of aromatic carboxylic acids is 1. The molecule has 0 aromatic carbocycles. The van der Waals surface area contributed by atoms with E-state index < -0.39 is 17.7 Å². The molecule has 3 aromatic heterocycles. The third-order valence-corrected chi connectivity index (χ3v) is 5.42. The summed E-state index contributed by atoms with van der Waals surface area (Å²) in [5, 5.41) is 11.1. The molecule has 0 aliphatic heterocycles. The van der Waals surface area contributed by atoms with Gasteiger partial charge in [-0.05, 0) is 111 Å². The fourth-order valence-electron chi connectivity index (χ4n) is 1.90. The van der Waals surface area contributed by atoms with Crippen LogP contribution >= 0.6 is 47.8 Å². The lowest BCUT2D eigenvalue weighted by molar-refractivity contribution is 0.0633. The lowest BCUT2D eigenvalue weighted by Crippen LogP contribution is -2.27. The Morgan fingerprint density at radius 1 is 0.879 bits per heavy atom. The summed E-state index contributed by atoms with van der Waals surface area (Å²) in [6.07, 6.45) is 4.43. The molecule has 2 N–H and O–H groups in total. The van der Waals surface area contributed by atoms with E-state index in [1.807, 2.05) is 39.8 Å². The molecule has 11 heteroatoms. The Bertz CT molecular complexity index is 1050.